The van der Waals surface area contributed by atoms with Gasteiger partial charge < -0.3 is 15.0 Å². The lowest BCUT2D eigenvalue weighted by Crippen LogP contribution is -2.45. The molecule has 0 saturated heterocycles. The Kier molecular flexibility index (Phi) is 5.75. The number of alkyl carbamates (subject to hydrolysis) is 1. The van der Waals surface area contributed by atoms with Crippen molar-refractivity contribution in [2.24, 2.45) is 0 Å². The molecule has 132 valence electrons. The van der Waals surface area contributed by atoms with Crippen molar-refractivity contribution in [3.05, 3.63) is 24.3 Å². The number of rotatable bonds is 3. The summed E-state index contributed by atoms with van der Waals surface area (Å²) in [5.41, 5.74) is -0.140. The minimum Gasteiger partial charge on any atom is -0.444 e. The van der Waals surface area contributed by atoms with E-state index in [1.54, 1.807) is 18.1 Å². The Balaban J connectivity index is 1.82. The van der Waals surface area contributed by atoms with Gasteiger partial charge in [-0.25, -0.2) is 9.78 Å². The van der Waals surface area contributed by atoms with Crippen LogP contribution in [0.15, 0.2) is 18.6 Å². The predicted molar refractivity (Wildman–Crippen MR) is 89.5 cm³/mol. The summed E-state index contributed by atoms with van der Waals surface area (Å²) in [5, 5.41) is 2.91. The molecule has 0 atom stereocenters. The van der Waals surface area contributed by atoms with E-state index < -0.39 is 5.60 Å². The highest BCUT2D eigenvalue weighted by atomic mass is 16.6. The summed E-state index contributed by atoms with van der Waals surface area (Å²) in [6.45, 7) is 5.53. The van der Waals surface area contributed by atoms with Crippen molar-refractivity contribution in [3.63, 3.8) is 0 Å². The van der Waals surface area contributed by atoms with Crippen molar-refractivity contribution in [3.8, 4) is 0 Å². The van der Waals surface area contributed by atoms with Crippen molar-refractivity contribution < 1.29 is 14.3 Å². The van der Waals surface area contributed by atoms with Crippen LogP contribution in [0.2, 0.25) is 0 Å². The molecule has 1 aromatic heterocycles. The van der Waals surface area contributed by atoms with Gasteiger partial charge in [0.1, 0.15) is 11.3 Å². The summed E-state index contributed by atoms with van der Waals surface area (Å²) in [7, 11) is 1.79. The number of nitrogens with one attached hydrogen (secondary N) is 1. The first kappa shape index (κ1) is 18.2. The third kappa shape index (κ3) is 5.18. The van der Waals surface area contributed by atoms with E-state index in [1.807, 2.05) is 20.8 Å². The molecule has 2 rings (SSSR count). The lowest BCUT2D eigenvalue weighted by molar-refractivity contribution is 0.0469. The Bertz CT molecular complexity index is 563. The van der Waals surface area contributed by atoms with Gasteiger partial charge in [-0.1, -0.05) is 0 Å². The standard InChI is InChI=1S/C17H26N4O3/c1-17(2,3)24-16(23)20-12-5-7-13(8-6-12)21(4)15(22)14-11-18-9-10-19-14/h9-13H,5-8H2,1-4H3,(H,20,23). The van der Waals surface area contributed by atoms with E-state index in [-0.39, 0.29) is 24.1 Å². The van der Waals surface area contributed by atoms with Crippen molar-refractivity contribution in [2.75, 3.05) is 7.05 Å². The number of carbonyl (C=O) groups excluding carboxylic acids is 2. The predicted octanol–water partition coefficient (Wildman–Crippen LogP) is 2.38. The molecule has 1 heterocycles. The smallest absolute Gasteiger partial charge is 0.407 e. The number of hydrogen-bond acceptors (Lipinski definition) is 5. The van der Waals surface area contributed by atoms with Gasteiger partial charge in [0.05, 0.1) is 6.20 Å². The Labute approximate surface area is 142 Å². The van der Waals surface area contributed by atoms with Crippen LogP contribution in [0.25, 0.3) is 0 Å². The maximum atomic E-state index is 12.4. The van der Waals surface area contributed by atoms with Gasteiger partial charge in [-0.05, 0) is 46.5 Å². The zero-order valence-corrected chi connectivity index (χ0v) is 14.8. The maximum Gasteiger partial charge on any atom is 0.407 e. The second kappa shape index (κ2) is 7.59. The summed E-state index contributed by atoms with van der Waals surface area (Å²) >= 11 is 0. The molecule has 0 spiro atoms. The van der Waals surface area contributed by atoms with Gasteiger partial charge >= 0.3 is 6.09 Å². The Morgan fingerprint density at radius 1 is 1.21 bits per heavy atom. The van der Waals surface area contributed by atoms with Gasteiger partial charge in [-0.3, -0.25) is 9.78 Å². The maximum absolute atomic E-state index is 12.4. The normalized spacial score (nSPS) is 21.0. The third-order valence-corrected chi connectivity index (χ3v) is 4.07. The molecular weight excluding hydrogens is 308 g/mol. The van der Waals surface area contributed by atoms with Crippen LogP contribution < -0.4 is 5.32 Å². The van der Waals surface area contributed by atoms with Crippen LogP contribution in [0.5, 0.6) is 0 Å². The quantitative estimate of drug-likeness (QED) is 0.917. The van der Waals surface area contributed by atoms with Gasteiger partial charge in [0.25, 0.3) is 5.91 Å². The van der Waals surface area contributed by atoms with Gasteiger partial charge in [-0.15, -0.1) is 0 Å². The molecule has 24 heavy (non-hydrogen) atoms. The highest BCUT2D eigenvalue weighted by Crippen LogP contribution is 2.23. The lowest BCUT2D eigenvalue weighted by Gasteiger charge is -2.35. The van der Waals surface area contributed by atoms with E-state index in [4.69, 9.17) is 4.74 Å². The average Bonchev–Trinajstić information content (AvgIpc) is 2.53. The molecule has 0 bridgehead atoms. The van der Waals surface area contributed by atoms with Gasteiger partial charge in [0.15, 0.2) is 0 Å². The second-order valence-electron chi connectivity index (χ2n) is 7.16. The van der Waals surface area contributed by atoms with Crippen molar-refractivity contribution >= 4 is 12.0 Å². The van der Waals surface area contributed by atoms with Crippen LogP contribution in [0.3, 0.4) is 0 Å². The van der Waals surface area contributed by atoms with Crippen LogP contribution in [0, 0.1) is 0 Å². The van der Waals surface area contributed by atoms with E-state index in [0.717, 1.165) is 25.7 Å². The summed E-state index contributed by atoms with van der Waals surface area (Å²) in [5.74, 6) is -0.119. The molecular formula is C17H26N4O3. The first-order valence-electron chi connectivity index (χ1n) is 8.29. The van der Waals surface area contributed by atoms with E-state index in [1.165, 1.54) is 12.4 Å². The molecule has 1 N–H and O–H groups in total. The van der Waals surface area contributed by atoms with Crippen LogP contribution in [-0.4, -0.2) is 51.6 Å². The monoisotopic (exact) mass is 334 g/mol. The third-order valence-electron chi connectivity index (χ3n) is 4.07. The van der Waals surface area contributed by atoms with E-state index in [9.17, 15) is 9.59 Å². The zero-order valence-electron chi connectivity index (χ0n) is 14.8. The number of hydrogen-bond donors (Lipinski definition) is 1. The first-order chi connectivity index (χ1) is 11.3. The summed E-state index contributed by atoms with van der Waals surface area (Å²) in [6, 6.07) is 0.243. The van der Waals surface area contributed by atoms with Crippen molar-refractivity contribution in [2.45, 2.75) is 64.1 Å². The Morgan fingerprint density at radius 3 is 2.42 bits per heavy atom. The fraction of sp³-hybridized carbons (Fsp3) is 0.647. The van der Waals surface area contributed by atoms with Crippen molar-refractivity contribution in [1.82, 2.24) is 20.2 Å². The molecule has 0 aliphatic heterocycles. The lowest BCUT2D eigenvalue weighted by atomic mass is 9.90. The molecule has 1 aromatic rings. The zero-order chi connectivity index (χ0) is 17.7. The minimum absolute atomic E-state index is 0.0936. The van der Waals surface area contributed by atoms with E-state index >= 15 is 0 Å². The number of nitrogens with zero attached hydrogens (tertiary/aromatic N) is 3. The first-order valence-corrected chi connectivity index (χ1v) is 8.29. The SMILES string of the molecule is CN(C(=O)c1cnccn1)C1CCC(NC(=O)OC(C)(C)C)CC1. The molecule has 1 fully saturated rings. The molecule has 1 saturated carbocycles. The average molecular weight is 334 g/mol. The highest BCUT2D eigenvalue weighted by molar-refractivity contribution is 5.92. The summed E-state index contributed by atoms with van der Waals surface area (Å²) in [6.07, 6.45) is 7.48. The van der Waals surface area contributed by atoms with Gasteiger partial charge in [-0.2, -0.15) is 0 Å². The van der Waals surface area contributed by atoms with Crippen LogP contribution >= 0.6 is 0 Å². The van der Waals surface area contributed by atoms with Crippen LogP contribution in [0.1, 0.15) is 56.9 Å². The Hall–Kier alpha value is -2.18. The molecule has 2 amide bonds. The molecule has 1 aliphatic rings. The van der Waals surface area contributed by atoms with E-state index in [0.29, 0.717) is 5.69 Å². The van der Waals surface area contributed by atoms with Crippen molar-refractivity contribution in [1.29, 1.82) is 0 Å². The molecule has 7 nitrogen and oxygen atoms in total. The highest BCUT2D eigenvalue weighted by Gasteiger charge is 2.29. The number of carbonyl (C=O) groups is 2. The largest absolute Gasteiger partial charge is 0.444 e. The number of aromatic nitrogens is 2. The summed E-state index contributed by atoms with van der Waals surface area (Å²) < 4.78 is 5.28. The Morgan fingerprint density at radius 2 is 1.88 bits per heavy atom. The van der Waals surface area contributed by atoms with E-state index in [2.05, 4.69) is 15.3 Å². The van der Waals surface area contributed by atoms with Gasteiger partial charge in [0.2, 0.25) is 0 Å². The summed E-state index contributed by atoms with van der Waals surface area (Å²) in [4.78, 5) is 33.9. The molecule has 7 heteroatoms. The van der Waals surface area contributed by atoms with Crippen LogP contribution in [-0.2, 0) is 4.74 Å². The van der Waals surface area contributed by atoms with Gasteiger partial charge in [0, 0.05) is 31.5 Å². The fourth-order valence-electron chi connectivity index (χ4n) is 2.84. The molecule has 1 aliphatic carbocycles. The molecule has 0 radical (unpaired) electrons. The number of amides is 2. The molecule has 0 aromatic carbocycles. The minimum atomic E-state index is -0.495. The fourth-order valence-corrected chi connectivity index (χ4v) is 2.84. The second-order valence-corrected chi connectivity index (χ2v) is 7.16. The molecule has 0 unspecified atom stereocenters. The topological polar surface area (TPSA) is 84.4 Å². The van der Waals surface area contributed by atoms with Crippen LogP contribution in [0.4, 0.5) is 4.79 Å². The number of ether oxygens (including phenoxy) is 1.